The topological polar surface area (TPSA) is 49.3 Å². The van der Waals surface area contributed by atoms with E-state index >= 15 is 0 Å². The first-order chi connectivity index (χ1) is 10.8. The number of aliphatic hydroxyl groups is 1. The lowest BCUT2D eigenvalue weighted by molar-refractivity contribution is -0.115. The number of halogens is 1. The Morgan fingerprint density at radius 3 is 2.22 bits per heavy atom. The molecule has 0 fully saturated rings. The second-order valence-corrected chi connectivity index (χ2v) is 6.78. The van der Waals surface area contributed by atoms with E-state index in [4.69, 9.17) is 11.6 Å². The Balaban J connectivity index is 2.14. The van der Waals surface area contributed by atoms with Crippen LogP contribution in [0.25, 0.3) is 16.7 Å². The fourth-order valence-corrected chi connectivity index (χ4v) is 2.91. The quantitative estimate of drug-likeness (QED) is 0.853. The zero-order chi connectivity index (χ0) is 16.8. The molecule has 1 aliphatic rings. The van der Waals surface area contributed by atoms with Crippen LogP contribution >= 0.6 is 11.6 Å². The van der Waals surface area contributed by atoms with E-state index in [9.17, 15) is 9.90 Å². The molecule has 4 heteroatoms. The highest BCUT2D eigenvalue weighted by molar-refractivity contribution is 6.30. The van der Waals surface area contributed by atoms with Crippen molar-refractivity contribution in [2.75, 3.05) is 0 Å². The van der Waals surface area contributed by atoms with E-state index in [1.54, 1.807) is 13.8 Å². The van der Waals surface area contributed by atoms with Crippen LogP contribution in [0.4, 0.5) is 0 Å². The molecule has 0 bridgehead atoms. The molecule has 1 aliphatic heterocycles. The molecule has 0 aromatic heterocycles. The standard InChI is InChI=1S/C19H18ClNO2/c1-11-4-5-13(12-6-8-14(20)9-7-12)10-15(11)16-17(22)19(2,3)21-18(16)23/h4-10,22H,1-3H3,(H,21,23). The SMILES string of the molecule is Cc1ccc(-c2ccc(Cl)cc2)cc1C1=C(O)C(C)(C)NC1=O. The number of benzene rings is 2. The minimum Gasteiger partial charge on any atom is -0.509 e. The van der Waals surface area contributed by atoms with Gasteiger partial charge in [-0.3, -0.25) is 4.79 Å². The molecule has 0 unspecified atom stereocenters. The Labute approximate surface area is 140 Å². The minimum atomic E-state index is -0.741. The minimum absolute atomic E-state index is 0.0823. The van der Waals surface area contributed by atoms with E-state index in [0.29, 0.717) is 10.6 Å². The maximum Gasteiger partial charge on any atom is 0.256 e. The second kappa shape index (κ2) is 5.43. The van der Waals surface area contributed by atoms with Crippen molar-refractivity contribution < 1.29 is 9.90 Å². The van der Waals surface area contributed by atoms with E-state index in [1.165, 1.54) is 0 Å². The normalized spacial score (nSPS) is 16.6. The molecule has 3 rings (SSSR count). The molecule has 2 N–H and O–H groups in total. The summed E-state index contributed by atoms with van der Waals surface area (Å²) in [6.45, 7) is 5.50. The predicted octanol–water partition coefficient (Wildman–Crippen LogP) is 4.49. The van der Waals surface area contributed by atoms with Gasteiger partial charge < -0.3 is 10.4 Å². The summed E-state index contributed by atoms with van der Waals surface area (Å²) in [6.07, 6.45) is 0. The number of aliphatic hydroxyl groups excluding tert-OH is 1. The summed E-state index contributed by atoms with van der Waals surface area (Å²) in [5, 5.41) is 13.9. The number of nitrogens with one attached hydrogen (secondary N) is 1. The summed E-state index contributed by atoms with van der Waals surface area (Å²) in [5.41, 5.74) is 3.28. The molecule has 0 atom stereocenters. The van der Waals surface area contributed by atoms with Crippen molar-refractivity contribution in [1.82, 2.24) is 5.32 Å². The van der Waals surface area contributed by atoms with Crippen LogP contribution in [0.5, 0.6) is 0 Å². The van der Waals surface area contributed by atoms with Crippen LogP contribution in [0.1, 0.15) is 25.0 Å². The Kier molecular flexibility index (Phi) is 3.69. The van der Waals surface area contributed by atoms with Crippen molar-refractivity contribution in [2.24, 2.45) is 0 Å². The number of hydrogen-bond donors (Lipinski definition) is 2. The van der Waals surface area contributed by atoms with Gasteiger partial charge in [-0.1, -0.05) is 35.9 Å². The lowest BCUT2D eigenvalue weighted by Crippen LogP contribution is -2.38. The summed E-state index contributed by atoms with van der Waals surface area (Å²) < 4.78 is 0. The van der Waals surface area contributed by atoms with Gasteiger partial charge in [-0.2, -0.15) is 0 Å². The van der Waals surface area contributed by atoms with E-state index < -0.39 is 5.54 Å². The lowest BCUT2D eigenvalue weighted by atomic mass is 9.93. The van der Waals surface area contributed by atoms with Crippen LogP contribution < -0.4 is 5.32 Å². The number of hydrogen-bond acceptors (Lipinski definition) is 2. The Morgan fingerprint density at radius 2 is 1.65 bits per heavy atom. The molecule has 0 saturated carbocycles. The first-order valence-electron chi connectivity index (χ1n) is 7.43. The average Bonchev–Trinajstić information content (AvgIpc) is 2.69. The first kappa shape index (κ1) is 15.6. The molecule has 0 spiro atoms. The Morgan fingerprint density at radius 1 is 1.04 bits per heavy atom. The lowest BCUT2D eigenvalue weighted by Gasteiger charge is -2.17. The molecule has 118 valence electrons. The number of carbonyl (C=O) groups excluding carboxylic acids is 1. The summed E-state index contributed by atoms with van der Waals surface area (Å²) in [4.78, 5) is 12.3. The van der Waals surface area contributed by atoms with E-state index in [2.05, 4.69) is 5.32 Å². The number of rotatable bonds is 2. The van der Waals surface area contributed by atoms with Crippen LogP contribution in [0.3, 0.4) is 0 Å². The third-order valence-electron chi connectivity index (χ3n) is 4.17. The number of amides is 1. The van der Waals surface area contributed by atoms with E-state index in [0.717, 1.165) is 22.3 Å². The molecule has 2 aromatic rings. The van der Waals surface area contributed by atoms with Crippen molar-refractivity contribution in [2.45, 2.75) is 26.3 Å². The predicted molar refractivity (Wildman–Crippen MR) is 93.4 cm³/mol. The molecule has 2 aromatic carbocycles. The fourth-order valence-electron chi connectivity index (χ4n) is 2.79. The van der Waals surface area contributed by atoms with Crippen LogP contribution in [-0.2, 0) is 4.79 Å². The maximum atomic E-state index is 12.3. The van der Waals surface area contributed by atoms with Crippen LogP contribution in [0.2, 0.25) is 5.02 Å². The molecular formula is C19H18ClNO2. The molecule has 0 radical (unpaired) electrons. The molecule has 3 nitrogen and oxygen atoms in total. The van der Waals surface area contributed by atoms with E-state index in [1.807, 2.05) is 49.4 Å². The van der Waals surface area contributed by atoms with Gasteiger partial charge in [0.2, 0.25) is 0 Å². The monoisotopic (exact) mass is 327 g/mol. The van der Waals surface area contributed by atoms with E-state index in [-0.39, 0.29) is 11.7 Å². The third kappa shape index (κ3) is 2.73. The van der Waals surface area contributed by atoms with Crippen molar-refractivity contribution in [3.8, 4) is 11.1 Å². The highest BCUT2D eigenvalue weighted by atomic mass is 35.5. The second-order valence-electron chi connectivity index (χ2n) is 6.34. The van der Waals surface area contributed by atoms with Gasteiger partial charge in [0.1, 0.15) is 5.76 Å². The number of carbonyl (C=O) groups is 1. The zero-order valence-electron chi connectivity index (χ0n) is 13.3. The zero-order valence-corrected chi connectivity index (χ0v) is 14.0. The van der Waals surface area contributed by atoms with Crippen molar-refractivity contribution >= 4 is 23.1 Å². The first-order valence-corrected chi connectivity index (χ1v) is 7.80. The highest BCUT2D eigenvalue weighted by Gasteiger charge is 2.39. The molecule has 23 heavy (non-hydrogen) atoms. The number of aryl methyl sites for hydroxylation is 1. The molecule has 1 amide bonds. The largest absolute Gasteiger partial charge is 0.509 e. The van der Waals surface area contributed by atoms with Gasteiger partial charge in [0.25, 0.3) is 5.91 Å². The van der Waals surface area contributed by atoms with Crippen LogP contribution in [0, 0.1) is 6.92 Å². The maximum absolute atomic E-state index is 12.3. The van der Waals surface area contributed by atoms with Gasteiger partial charge in [0, 0.05) is 5.02 Å². The smallest absolute Gasteiger partial charge is 0.256 e. The summed E-state index contributed by atoms with van der Waals surface area (Å²) in [7, 11) is 0. The average molecular weight is 328 g/mol. The van der Waals surface area contributed by atoms with Crippen LogP contribution in [0.15, 0.2) is 48.2 Å². The van der Waals surface area contributed by atoms with Gasteiger partial charge in [0.15, 0.2) is 0 Å². The van der Waals surface area contributed by atoms with Crippen LogP contribution in [-0.4, -0.2) is 16.6 Å². The van der Waals surface area contributed by atoms with Gasteiger partial charge in [-0.05, 0) is 61.2 Å². The third-order valence-corrected chi connectivity index (χ3v) is 4.42. The van der Waals surface area contributed by atoms with Gasteiger partial charge in [0.05, 0.1) is 11.1 Å². The Hall–Kier alpha value is -2.26. The molecule has 0 saturated heterocycles. The molecule has 0 aliphatic carbocycles. The van der Waals surface area contributed by atoms with Crippen molar-refractivity contribution in [3.05, 3.63) is 64.4 Å². The van der Waals surface area contributed by atoms with Crippen molar-refractivity contribution in [3.63, 3.8) is 0 Å². The summed E-state index contributed by atoms with van der Waals surface area (Å²) in [5.74, 6) is -0.164. The molecule has 1 heterocycles. The van der Waals surface area contributed by atoms with Gasteiger partial charge >= 0.3 is 0 Å². The van der Waals surface area contributed by atoms with Gasteiger partial charge in [-0.25, -0.2) is 0 Å². The summed E-state index contributed by atoms with van der Waals surface area (Å²) in [6, 6.07) is 13.4. The van der Waals surface area contributed by atoms with Crippen molar-refractivity contribution in [1.29, 1.82) is 0 Å². The molecular weight excluding hydrogens is 310 g/mol. The highest BCUT2D eigenvalue weighted by Crippen LogP contribution is 2.35. The summed E-state index contributed by atoms with van der Waals surface area (Å²) >= 11 is 5.94. The fraction of sp³-hybridized carbons (Fsp3) is 0.211. The Bertz CT molecular complexity index is 820. The van der Waals surface area contributed by atoms with Gasteiger partial charge in [-0.15, -0.1) is 0 Å².